The number of nitrogens with zero attached hydrogens (tertiary/aromatic N) is 1. The predicted molar refractivity (Wildman–Crippen MR) is 96.5 cm³/mol. The molecular formula is C19H17NO3S. The van der Waals surface area contributed by atoms with Gasteiger partial charge in [0, 0.05) is 16.2 Å². The number of pyridine rings is 1. The Bertz CT molecular complexity index is 1150. The molecule has 24 heavy (non-hydrogen) atoms. The highest BCUT2D eigenvalue weighted by Crippen LogP contribution is 2.29. The van der Waals surface area contributed by atoms with Gasteiger partial charge in [0.05, 0.1) is 11.0 Å². The molecule has 122 valence electrons. The zero-order valence-corrected chi connectivity index (χ0v) is 14.2. The van der Waals surface area contributed by atoms with Crippen LogP contribution in [0.3, 0.4) is 0 Å². The van der Waals surface area contributed by atoms with E-state index in [4.69, 9.17) is 0 Å². The molecule has 0 atom stereocenters. The molecule has 0 bridgehead atoms. The van der Waals surface area contributed by atoms with Gasteiger partial charge < -0.3 is 0 Å². The molecular weight excluding hydrogens is 322 g/mol. The van der Waals surface area contributed by atoms with Gasteiger partial charge in [0.1, 0.15) is 4.90 Å². The van der Waals surface area contributed by atoms with Crippen LogP contribution >= 0.6 is 0 Å². The lowest BCUT2D eigenvalue weighted by atomic mass is 10.0. The molecule has 0 spiro atoms. The van der Waals surface area contributed by atoms with E-state index < -0.39 is 10.1 Å². The van der Waals surface area contributed by atoms with Crippen LogP contribution < -0.4 is 10.6 Å². The smallest absolute Gasteiger partial charge is 0.282 e. The van der Waals surface area contributed by atoms with E-state index in [1.807, 2.05) is 50.3 Å². The highest BCUT2D eigenvalue weighted by Gasteiger charge is 2.18. The van der Waals surface area contributed by atoms with Crippen molar-refractivity contribution in [3.8, 4) is 11.3 Å². The minimum absolute atomic E-state index is 0.141. The Labute approximate surface area is 140 Å². The van der Waals surface area contributed by atoms with E-state index in [-0.39, 0.29) is 4.90 Å². The maximum absolute atomic E-state index is 11.8. The Balaban J connectivity index is 2.56. The van der Waals surface area contributed by atoms with Crippen molar-refractivity contribution < 1.29 is 13.0 Å². The number of hydrogen-bond acceptors (Lipinski definition) is 3. The summed E-state index contributed by atoms with van der Waals surface area (Å²) in [6, 6.07) is 14.1. The Morgan fingerprint density at radius 3 is 2.17 bits per heavy atom. The summed E-state index contributed by atoms with van der Waals surface area (Å²) in [5.41, 5.74) is 0.930. The first kappa shape index (κ1) is 16.4. The summed E-state index contributed by atoms with van der Waals surface area (Å²) in [7, 11) is -4.34. The molecule has 0 unspecified atom stereocenters. The van der Waals surface area contributed by atoms with Gasteiger partial charge in [-0.05, 0) is 25.3 Å². The van der Waals surface area contributed by atoms with Crippen molar-refractivity contribution in [2.45, 2.75) is 18.7 Å². The Hall–Kier alpha value is -2.50. The number of benzene rings is 2. The topological polar surface area (TPSA) is 67.3 Å². The highest BCUT2D eigenvalue weighted by molar-refractivity contribution is 7.86. The van der Waals surface area contributed by atoms with Gasteiger partial charge >= 0.3 is 0 Å². The van der Waals surface area contributed by atoms with Crippen LogP contribution in [0.5, 0.6) is 0 Å². The molecule has 1 aromatic heterocycles. The van der Waals surface area contributed by atoms with Crippen molar-refractivity contribution in [3.05, 3.63) is 59.1 Å². The second kappa shape index (κ2) is 6.19. The van der Waals surface area contributed by atoms with Crippen molar-refractivity contribution in [2.75, 3.05) is 0 Å². The second-order valence-electron chi connectivity index (χ2n) is 5.35. The molecule has 2 aromatic carbocycles. The van der Waals surface area contributed by atoms with Crippen LogP contribution in [-0.2, 0) is 10.1 Å². The monoisotopic (exact) mass is 339 g/mol. The fraction of sp³-hybridized carbons (Fsp3) is 0.105. The van der Waals surface area contributed by atoms with Crippen molar-refractivity contribution in [2.24, 2.45) is 0 Å². The zero-order valence-electron chi connectivity index (χ0n) is 13.4. The molecule has 3 rings (SSSR count). The largest absolute Gasteiger partial charge is 0.295 e. The molecule has 0 radical (unpaired) electrons. The van der Waals surface area contributed by atoms with Crippen LogP contribution in [0.1, 0.15) is 13.8 Å². The van der Waals surface area contributed by atoms with Crippen LogP contribution in [0.25, 0.3) is 34.2 Å². The predicted octanol–water partition coefficient (Wildman–Crippen LogP) is 2.75. The first-order chi connectivity index (χ1) is 11.5. The third-order valence-corrected chi connectivity index (χ3v) is 4.87. The van der Waals surface area contributed by atoms with E-state index in [2.05, 4.69) is 4.98 Å². The Morgan fingerprint density at radius 1 is 0.917 bits per heavy atom. The van der Waals surface area contributed by atoms with Crippen LogP contribution in [0.4, 0.5) is 0 Å². The van der Waals surface area contributed by atoms with Gasteiger partial charge in [-0.3, -0.25) is 4.55 Å². The van der Waals surface area contributed by atoms with E-state index >= 15 is 0 Å². The van der Waals surface area contributed by atoms with Gasteiger partial charge in [0.25, 0.3) is 10.1 Å². The van der Waals surface area contributed by atoms with Gasteiger partial charge in [-0.25, -0.2) is 4.98 Å². The van der Waals surface area contributed by atoms with Gasteiger partial charge in [0.15, 0.2) is 0 Å². The lowest BCUT2D eigenvalue weighted by molar-refractivity contribution is 0.483. The van der Waals surface area contributed by atoms with Crippen LogP contribution in [0.15, 0.2) is 53.4 Å². The van der Waals surface area contributed by atoms with Crippen molar-refractivity contribution in [1.82, 2.24) is 4.98 Å². The number of rotatable bonds is 2. The fourth-order valence-corrected chi connectivity index (χ4v) is 3.61. The standard InChI is InChI=1S/C19H17NO3S/c1-3-13-14-9-5-6-10-15(14)19(20-17(13)4-2)16-11-7-8-12-18(16)24(21,22)23/h3-12H,1-2H3,(H,21,22,23). The van der Waals surface area contributed by atoms with Crippen molar-refractivity contribution >= 4 is 33.0 Å². The van der Waals surface area contributed by atoms with E-state index in [1.165, 1.54) is 6.07 Å². The first-order valence-electron chi connectivity index (χ1n) is 7.55. The average Bonchev–Trinajstić information content (AvgIpc) is 2.59. The zero-order chi connectivity index (χ0) is 17.3. The van der Waals surface area contributed by atoms with E-state index in [0.717, 1.165) is 21.3 Å². The normalized spacial score (nSPS) is 13.6. The lowest BCUT2D eigenvalue weighted by Gasteiger charge is -2.11. The SMILES string of the molecule is CC=c1nc(-c2ccccc2S(=O)(=O)O)c2ccccc2c1=CC. The second-order valence-corrected chi connectivity index (χ2v) is 6.74. The maximum atomic E-state index is 11.8. The molecule has 0 aliphatic carbocycles. The molecule has 1 heterocycles. The molecule has 1 N–H and O–H groups in total. The number of aromatic nitrogens is 1. The van der Waals surface area contributed by atoms with E-state index in [1.54, 1.807) is 18.2 Å². The number of fused-ring (bicyclic) bond motifs is 1. The van der Waals surface area contributed by atoms with Crippen molar-refractivity contribution in [1.29, 1.82) is 0 Å². The fourth-order valence-electron chi connectivity index (χ4n) is 2.92. The first-order valence-corrected chi connectivity index (χ1v) is 8.99. The molecule has 0 amide bonds. The van der Waals surface area contributed by atoms with E-state index in [9.17, 15) is 13.0 Å². The molecule has 0 saturated heterocycles. The minimum atomic E-state index is -4.34. The van der Waals surface area contributed by atoms with E-state index in [0.29, 0.717) is 11.3 Å². The summed E-state index contributed by atoms with van der Waals surface area (Å²) in [5.74, 6) is 0. The molecule has 5 heteroatoms. The van der Waals surface area contributed by atoms with Gasteiger partial charge in [-0.2, -0.15) is 8.42 Å². The summed E-state index contributed by atoms with van der Waals surface area (Å²) in [6.07, 6.45) is 3.88. The summed E-state index contributed by atoms with van der Waals surface area (Å²) < 4.78 is 33.1. The van der Waals surface area contributed by atoms with Gasteiger partial charge in [-0.15, -0.1) is 0 Å². The van der Waals surface area contributed by atoms with Gasteiger partial charge in [-0.1, -0.05) is 54.6 Å². The average molecular weight is 339 g/mol. The summed E-state index contributed by atoms with van der Waals surface area (Å²) in [5, 5.41) is 3.60. The third kappa shape index (κ3) is 2.72. The quantitative estimate of drug-likeness (QED) is 0.729. The minimum Gasteiger partial charge on any atom is -0.282 e. The van der Waals surface area contributed by atoms with Crippen LogP contribution in [0.2, 0.25) is 0 Å². The van der Waals surface area contributed by atoms with Crippen LogP contribution in [-0.4, -0.2) is 18.0 Å². The Morgan fingerprint density at radius 2 is 1.54 bits per heavy atom. The Kier molecular flexibility index (Phi) is 4.22. The molecule has 3 aromatic rings. The van der Waals surface area contributed by atoms with Gasteiger partial charge in [0.2, 0.25) is 0 Å². The molecule has 0 aliphatic heterocycles. The molecule has 0 fully saturated rings. The molecule has 4 nitrogen and oxygen atoms in total. The molecule has 0 saturated carbocycles. The lowest BCUT2D eigenvalue weighted by Crippen LogP contribution is -2.29. The molecule has 0 aliphatic rings. The summed E-state index contributed by atoms with van der Waals surface area (Å²) in [4.78, 5) is 4.53. The van der Waals surface area contributed by atoms with Crippen molar-refractivity contribution in [3.63, 3.8) is 0 Å². The van der Waals surface area contributed by atoms with Crippen LogP contribution in [0, 0.1) is 0 Å². The maximum Gasteiger partial charge on any atom is 0.295 e. The highest BCUT2D eigenvalue weighted by atomic mass is 32.2. The third-order valence-electron chi connectivity index (χ3n) is 3.96. The summed E-state index contributed by atoms with van der Waals surface area (Å²) >= 11 is 0. The summed E-state index contributed by atoms with van der Waals surface area (Å²) in [6.45, 7) is 3.84. The number of hydrogen-bond donors (Lipinski definition) is 1.